The van der Waals surface area contributed by atoms with Crippen LogP contribution in [0.3, 0.4) is 0 Å². The number of hydrogen-bond acceptors (Lipinski definition) is 2. The van der Waals surface area contributed by atoms with E-state index in [-0.39, 0.29) is 10.2 Å². The average molecular weight is 255 g/mol. The van der Waals surface area contributed by atoms with Crippen LogP contribution in [0.5, 0.6) is 0 Å². The maximum Gasteiger partial charge on any atom is 0.340 e. The van der Waals surface area contributed by atoms with E-state index in [1.807, 2.05) is 0 Å². The van der Waals surface area contributed by atoms with Crippen LogP contribution in [0.1, 0.15) is 10.4 Å². The highest BCUT2D eigenvalue weighted by atomic mass is 79.9. The summed E-state index contributed by atoms with van der Waals surface area (Å²) in [5, 5.41) is 12.1. The summed E-state index contributed by atoms with van der Waals surface area (Å²) in [6, 6.07) is 0. The maximum atomic E-state index is 11.8. The predicted octanol–water partition coefficient (Wildman–Crippen LogP) is 1.61. The first-order chi connectivity index (χ1) is 6.00. The van der Waals surface area contributed by atoms with Crippen molar-refractivity contribution in [3.8, 4) is 0 Å². The van der Waals surface area contributed by atoms with E-state index in [0.29, 0.717) is 0 Å². The van der Waals surface area contributed by atoms with Gasteiger partial charge in [0, 0.05) is 6.20 Å². The molecule has 0 aliphatic rings. The van der Waals surface area contributed by atoms with Crippen molar-refractivity contribution in [2.24, 2.45) is 0 Å². The van der Waals surface area contributed by atoms with Crippen LogP contribution in [0.15, 0.2) is 10.8 Å². The minimum atomic E-state index is -2.55. The lowest BCUT2D eigenvalue weighted by atomic mass is 10.4. The van der Waals surface area contributed by atoms with Gasteiger partial charge in [-0.1, -0.05) is 0 Å². The van der Waals surface area contributed by atoms with Gasteiger partial charge in [-0.15, -0.1) is 0 Å². The molecule has 1 rings (SSSR count). The van der Waals surface area contributed by atoms with Crippen molar-refractivity contribution in [2.45, 2.75) is 13.0 Å². The molecule has 4 nitrogen and oxygen atoms in total. The third-order valence-electron chi connectivity index (χ3n) is 1.27. The summed E-state index contributed by atoms with van der Waals surface area (Å²) in [6.45, 7) is -0.605. The summed E-state index contributed by atoms with van der Waals surface area (Å²) in [5.41, 5.74) is -0.124. The number of aromatic carboxylic acids is 1. The number of aromatic nitrogens is 2. The van der Waals surface area contributed by atoms with Crippen LogP contribution >= 0.6 is 15.9 Å². The lowest BCUT2D eigenvalue weighted by molar-refractivity contribution is 0.0695. The molecule has 1 aromatic heterocycles. The van der Waals surface area contributed by atoms with Crippen molar-refractivity contribution in [3.63, 3.8) is 0 Å². The monoisotopic (exact) mass is 254 g/mol. The van der Waals surface area contributed by atoms with Crippen molar-refractivity contribution in [1.82, 2.24) is 9.78 Å². The standard InChI is InChI=1S/C6H5BrF2N2O2/c7-5-3(6(12)13)1-11(10-5)2-4(8)9/h1,4H,2H2,(H,12,13). The summed E-state index contributed by atoms with van der Waals surface area (Å²) in [5.74, 6) is -1.20. The van der Waals surface area contributed by atoms with Gasteiger partial charge in [0.2, 0.25) is 0 Å². The van der Waals surface area contributed by atoms with Crippen molar-refractivity contribution >= 4 is 21.9 Å². The van der Waals surface area contributed by atoms with Crippen LogP contribution in [-0.4, -0.2) is 27.3 Å². The summed E-state index contributed by atoms with van der Waals surface area (Å²) in [6.07, 6.45) is -1.49. The SMILES string of the molecule is O=C(O)c1cn(CC(F)F)nc1Br. The molecule has 0 bridgehead atoms. The molecular weight excluding hydrogens is 250 g/mol. The summed E-state index contributed by atoms with van der Waals surface area (Å²) in [7, 11) is 0. The van der Waals surface area contributed by atoms with E-state index in [2.05, 4.69) is 21.0 Å². The molecule has 0 atom stereocenters. The largest absolute Gasteiger partial charge is 0.478 e. The maximum absolute atomic E-state index is 11.8. The Labute approximate surface area is 80.3 Å². The van der Waals surface area contributed by atoms with Gasteiger partial charge in [0.15, 0.2) is 0 Å². The third-order valence-corrected chi connectivity index (χ3v) is 1.86. The highest BCUT2D eigenvalue weighted by Crippen LogP contribution is 2.14. The Kier molecular flexibility index (Phi) is 2.97. The molecule has 1 heterocycles. The Morgan fingerprint density at radius 3 is 2.77 bits per heavy atom. The fourth-order valence-electron chi connectivity index (χ4n) is 0.776. The number of carboxylic acids is 1. The van der Waals surface area contributed by atoms with Gasteiger partial charge >= 0.3 is 5.97 Å². The Balaban J connectivity index is 2.89. The zero-order chi connectivity index (χ0) is 10.0. The van der Waals surface area contributed by atoms with Gasteiger partial charge in [-0.25, -0.2) is 13.6 Å². The van der Waals surface area contributed by atoms with E-state index in [9.17, 15) is 13.6 Å². The minimum Gasteiger partial charge on any atom is -0.478 e. The van der Waals surface area contributed by atoms with Crippen LogP contribution in [0.2, 0.25) is 0 Å². The van der Waals surface area contributed by atoms with Crippen molar-refractivity contribution in [2.75, 3.05) is 0 Å². The van der Waals surface area contributed by atoms with Gasteiger partial charge < -0.3 is 5.11 Å². The molecule has 0 fully saturated rings. The quantitative estimate of drug-likeness (QED) is 0.892. The first-order valence-corrected chi connectivity index (χ1v) is 4.04. The van der Waals surface area contributed by atoms with E-state index in [1.54, 1.807) is 0 Å². The molecule has 72 valence electrons. The van der Waals surface area contributed by atoms with Gasteiger partial charge in [-0.2, -0.15) is 5.10 Å². The van der Waals surface area contributed by atoms with E-state index in [4.69, 9.17) is 5.11 Å². The number of rotatable bonds is 3. The number of hydrogen-bond donors (Lipinski definition) is 1. The van der Waals surface area contributed by atoms with E-state index < -0.39 is 18.9 Å². The minimum absolute atomic E-state index is 0.0562. The van der Waals surface area contributed by atoms with Crippen LogP contribution in [0.25, 0.3) is 0 Å². The van der Waals surface area contributed by atoms with Crippen molar-refractivity contribution in [1.29, 1.82) is 0 Å². The number of alkyl halides is 2. The molecule has 1 N–H and O–H groups in total. The molecule has 0 saturated heterocycles. The first-order valence-electron chi connectivity index (χ1n) is 3.25. The van der Waals surface area contributed by atoms with Crippen LogP contribution < -0.4 is 0 Å². The summed E-state index contributed by atoms with van der Waals surface area (Å²) >= 11 is 2.85. The molecule has 1 aromatic rings. The van der Waals surface area contributed by atoms with Gasteiger partial charge in [-0.3, -0.25) is 4.68 Å². The second kappa shape index (κ2) is 3.82. The van der Waals surface area contributed by atoms with Gasteiger partial charge in [0.25, 0.3) is 6.43 Å². The number of nitrogens with zero attached hydrogens (tertiary/aromatic N) is 2. The molecule has 7 heteroatoms. The Bertz CT molecular complexity index is 326. The molecule has 0 spiro atoms. The topological polar surface area (TPSA) is 55.1 Å². The Hall–Kier alpha value is -0.980. The zero-order valence-electron chi connectivity index (χ0n) is 6.25. The predicted molar refractivity (Wildman–Crippen MR) is 42.9 cm³/mol. The highest BCUT2D eigenvalue weighted by molar-refractivity contribution is 9.10. The molecule has 0 radical (unpaired) electrons. The fourth-order valence-corrected chi connectivity index (χ4v) is 1.25. The summed E-state index contributed by atoms with van der Waals surface area (Å²) in [4.78, 5) is 10.5. The van der Waals surface area contributed by atoms with Crippen LogP contribution in [0, 0.1) is 0 Å². The second-order valence-electron chi connectivity index (χ2n) is 2.25. The normalized spacial score (nSPS) is 10.8. The highest BCUT2D eigenvalue weighted by Gasteiger charge is 2.14. The summed E-state index contributed by atoms with van der Waals surface area (Å²) < 4.78 is 24.6. The smallest absolute Gasteiger partial charge is 0.340 e. The molecule has 13 heavy (non-hydrogen) atoms. The van der Waals surface area contributed by atoms with E-state index in [1.165, 1.54) is 0 Å². The zero-order valence-corrected chi connectivity index (χ0v) is 7.83. The van der Waals surface area contributed by atoms with Crippen molar-refractivity contribution in [3.05, 3.63) is 16.4 Å². The Morgan fingerprint density at radius 1 is 1.77 bits per heavy atom. The second-order valence-corrected chi connectivity index (χ2v) is 3.00. The number of carboxylic acid groups (broad SMARTS) is 1. The Morgan fingerprint density at radius 2 is 2.38 bits per heavy atom. The molecule has 0 amide bonds. The van der Waals surface area contributed by atoms with Crippen molar-refractivity contribution < 1.29 is 18.7 Å². The van der Waals surface area contributed by atoms with Gasteiger partial charge in [0.1, 0.15) is 16.7 Å². The fraction of sp³-hybridized carbons (Fsp3) is 0.333. The lowest BCUT2D eigenvalue weighted by Gasteiger charge is -1.97. The van der Waals surface area contributed by atoms with Crippen LogP contribution in [-0.2, 0) is 6.54 Å². The lowest BCUT2D eigenvalue weighted by Crippen LogP contribution is -2.06. The van der Waals surface area contributed by atoms with E-state index >= 15 is 0 Å². The third kappa shape index (κ3) is 2.48. The molecule has 0 unspecified atom stereocenters. The van der Waals surface area contributed by atoms with Gasteiger partial charge in [-0.05, 0) is 15.9 Å². The number of carbonyl (C=O) groups is 1. The molecule has 0 aliphatic carbocycles. The van der Waals surface area contributed by atoms with Crippen LogP contribution in [0.4, 0.5) is 8.78 Å². The first kappa shape index (κ1) is 10.1. The average Bonchev–Trinajstić information content (AvgIpc) is 2.29. The van der Waals surface area contributed by atoms with Gasteiger partial charge in [0.05, 0.1) is 0 Å². The number of halogens is 3. The molecule has 0 saturated carbocycles. The molecule has 0 aromatic carbocycles. The molecule has 0 aliphatic heterocycles. The van der Waals surface area contributed by atoms with E-state index in [0.717, 1.165) is 10.9 Å². The molecular formula is C6H5BrF2N2O2.